The highest BCUT2D eigenvalue weighted by atomic mass is 14.5. The Morgan fingerprint density at radius 2 is 0.636 bits per heavy atom. The van der Waals surface area contributed by atoms with Gasteiger partial charge in [-0.25, -0.2) is 0 Å². The Balaban J connectivity index is 0. The third kappa shape index (κ3) is 28.1. The summed E-state index contributed by atoms with van der Waals surface area (Å²) < 4.78 is 0. The van der Waals surface area contributed by atoms with Crippen molar-refractivity contribution in [1.29, 1.82) is 0 Å². The van der Waals surface area contributed by atoms with Gasteiger partial charge in [0.2, 0.25) is 0 Å². The minimum absolute atomic E-state index is 0.750. The lowest BCUT2D eigenvalue weighted by Gasteiger charge is -2.03. The zero-order valence-corrected chi connectivity index (χ0v) is 15.9. The summed E-state index contributed by atoms with van der Waals surface area (Å²) in [7, 11) is 0. The van der Waals surface area contributed by atoms with Crippen molar-refractivity contribution in [2.24, 2.45) is 11.5 Å². The lowest BCUT2D eigenvalue weighted by atomic mass is 10.0. The Kier molecular flexibility index (Phi) is 28.4. The first kappa shape index (κ1) is 24.2. The average molecular weight is 315 g/mol. The van der Waals surface area contributed by atoms with Crippen LogP contribution < -0.4 is 11.5 Å². The molecule has 136 valence electrons. The minimum atomic E-state index is 0.750. The number of nitrogens with two attached hydrogens (primary N) is 2. The lowest BCUT2D eigenvalue weighted by molar-refractivity contribution is 0.530. The van der Waals surface area contributed by atoms with E-state index in [2.05, 4.69) is 6.92 Å². The number of hydrogen-bond donors (Lipinski definition) is 2. The SMILES string of the molecule is CCCCCCCCCCCCCCCCCCN.CCN. The summed E-state index contributed by atoms with van der Waals surface area (Å²) in [6.45, 7) is 5.82. The van der Waals surface area contributed by atoms with Crippen molar-refractivity contribution >= 4 is 0 Å². The first-order valence-corrected chi connectivity index (χ1v) is 10.2. The fraction of sp³-hybridized carbons (Fsp3) is 1.00. The zero-order valence-electron chi connectivity index (χ0n) is 15.9. The Labute approximate surface area is 141 Å². The van der Waals surface area contributed by atoms with Crippen LogP contribution in [0.25, 0.3) is 0 Å². The molecule has 2 heteroatoms. The molecule has 0 radical (unpaired) electrons. The Morgan fingerprint density at radius 3 is 0.864 bits per heavy atom. The highest BCUT2D eigenvalue weighted by Gasteiger charge is 1.94. The van der Waals surface area contributed by atoms with Crippen molar-refractivity contribution in [3.63, 3.8) is 0 Å². The van der Waals surface area contributed by atoms with Crippen molar-refractivity contribution in [2.75, 3.05) is 13.1 Å². The molecule has 0 aromatic heterocycles. The standard InChI is InChI=1S/C18H39N.C2H7N/c1-2-3-4-5-6-7-8-9-10-11-12-13-14-15-16-17-18-19;1-2-3/h2-19H2,1H3;2-3H2,1H3. The van der Waals surface area contributed by atoms with E-state index in [4.69, 9.17) is 11.5 Å². The highest BCUT2D eigenvalue weighted by molar-refractivity contribution is 4.49. The van der Waals surface area contributed by atoms with E-state index in [9.17, 15) is 0 Å². The number of unbranched alkanes of at least 4 members (excludes halogenated alkanes) is 15. The van der Waals surface area contributed by atoms with Crippen molar-refractivity contribution in [1.82, 2.24) is 0 Å². The fourth-order valence-electron chi connectivity index (χ4n) is 2.69. The molecule has 0 atom stereocenters. The van der Waals surface area contributed by atoms with Crippen molar-refractivity contribution in [3.05, 3.63) is 0 Å². The van der Waals surface area contributed by atoms with E-state index in [1.54, 1.807) is 0 Å². The molecule has 0 aliphatic rings. The molecule has 4 N–H and O–H groups in total. The molecule has 0 fully saturated rings. The monoisotopic (exact) mass is 314 g/mol. The predicted molar refractivity (Wildman–Crippen MR) is 103 cm³/mol. The molecule has 0 aromatic rings. The van der Waals surface area contributed by atoms with Crippen LogP contribution in [0.3, 0.4) is 0 Å². The van der Waals surface area contributed by atoms with Crippen molar-refractivity contribution < 1.29 is 0 Å². The van der Waals surface area contributed by atoms with Gasteiger partial charge in [0.05, 0.1) is 0 Å². The molecule has 0 aromatic carbocycles. The van der Waals surface area contributed by atoms with Crippen LogP contribution in [-0.2, 0) is 0 Å². The molecule has 0 spiro atoms. The van der Waals surface area contributed by atoms with Gasteiger partial charge >= 0.3 is 0 Å². The normalized spacial score (nSPS) is 10.4. The largest absolute Gasteiger partial charge is 0.331 e. The Morgan fingerprint density at radius 1 is 0.409 bits per heavy atom. The number of rotatable bonds is 16. The lowest BCUT2D eigenvalue weighted by Crippen LogP contribution is -1.97. The predicted octanol–water partition coefficient (Wildman–Crippen LogP) is 6.17. The third-order valence-corrected chi connectivity index (χ3v) is 4.06. The van der Waals surface area contributed by atoms with Crippen LogP contribution in [-0.4, -0.2) is 13.1 Å². The molecule has 0 unspecified atom stereocenters. The summed E-state index contributed by atoms with van der Waals surface area (Å²) >= 11 is 0. The van der Waals surface area contributed by atoms with Gasteiger partial charge in [-0.05, 0) is 19.5 Å². The molecule has 0 heterocycles. The van der Waals surface area contributed by atoms with Crippen molar-refractivity contribution in [3.8, 4) is 0 Å². The molecule has 0 aliphatic carbocycles. The van der Waals surface area contributed by atoms with Crippen LogP contribution in [0.4, 0.5) is 0 Å². The van der Waals surface area contributed by atoms with Gasteiger partial charge in [-0.2, -0.15) is 0 Å². The minimum Gasteiger partial charge on any atom is -0.331 e. The maximum absolute atomic E-state index is 5.48. The van der Waals surface area contributed by atoms with E-state index in [1.165, 1.54) is 103 Å². The first-order valence-electron chi connectivity index (χ1n) is 10.2. The topological polar surface area (TPSA) is 52.0 Å². The molecule has 0 bridgehead atoms. The zero-order chi connectivity index (χ0) is 16.7. The van der Waals surface area contributed by atoms with Crippen LogP contribution in [0.2, 0.25) is 0 Å². The van der Waals surface area contributed by atoms with Gasteiger partial charge in [0.1, 0.15) is 0 Å². The van der Waals surface area contributed by atoms with Gasteiger partial charge < -0.3 is 11.5 Å². The second kappa shape index (κ2) is 25.9. The Hall–Kier alpha value is -0.0800. The summed E-state index contributed by atoms with van der Waals surface area (Å²) in [5.41, 5.74) is 10.3. The van der Waals surface area contributed by atoms with E-state index in [1.807, 2.05) is 6.92 Å². The molecular formula is C20H46N2. The van der Waals surface area contributed by atoms with E-state index >= 15 is 0 Å². The summed E-state index contributed by atoms with van der Waals surface area (Å²) in [5.74, 6) is 0. The average Bonchev–Trinajstić information content (AvgIpc) is 2.52. The summed E-state index contributed by atoms with van der Waals surface area (Å²) in [5, 5.41) is 0. The molecule has 0 saturated heterocycles. The van der Waals surface area contributed by atoms with E-state index in [0.29, 0.717) is 0 Å². The molecule has 0 saturated carbocycles. The van der Waals surface area contributed by atoms with Gasteiger partial charge in [0.25, 0.3) is 0 Å². The quantitative estimate of drug-likeness (QED) is 0.335. The number of hydrogen-bond acceptors (Lipinski definition) is 2. The van der Waals surface area contributed by atoms with E-state index < -0.39 is 0 Å². The summed E-state index contributed by atoms with van der Waals surface area (Å²) in [6, 6.07) is 0. The smallest absolute Gasteiger partial charge is 0.00773 e. The maximum Gasteiger partial charge on any atom is -0.00773 e. The van der Waals surface area contributed by atoms with E-state index in [0.717, 1.165) is 13.1 Å². The van der Waals surface area contributed by atoms with Crippen LogP contribution >= 0.6 is 0 Å². The molecule has 0 rings (SSSR count). The van der Waals surface area contributed by atoms with Crippen molar-refractivity contribution in [2.45, 2.75) is 117 Å². The maximum atomic E-state index is 5.48. The van der Waals surface area contributed by atoms with E-state index in [-0.39, 0.29) is 0 Å². The second-order valence-electron chi connectivity index (χ2n) is 6.50. The van der Waals surface area contributed by atoms with Crippen LogP contribution in [0.5, 0.6) is 0 Å². The van der Waals surface area contributed by atoms with Gasteiger partial charge in [0, 0.05) is 0 Å². The van der Waals surface area contributed by atoms with Crippen LogP contribution in [0, 0.1) is 0 Å². The first-order chi connectivity index (χ1) is 10.8. The molecule has 22 heavy (non-hydrogen) atoms. The third-order valence-electron chi connectivity index (χ3n) is 4.06. The van der Waals surface area contributed by atoms with Crippen LogP contribution in [0.1, 0.15) is 117 Å². The second-order valence-corrected chi connectivity index (χ2v) is 6.50. The summed E-state index contributed by atoms with van der Waals surface area (Å²) in [6.07, 6.45) is 22.9. The molecule has 0 amide bonds. The fourth-order valence-corrected chi connectivity index (χ4v) is 2.69. The van der Waals surface area contributed by atoms with Gasteiger partial charge in [-0.15, -0.1) is 0 Å². The Bertz CT molecular complexity index is 144. The highest BCUT2D eigenvalue weighted by Crippen LogP contribution is 2.13. The molecule has 2 nitrogen and oxygen atoms in total. The van der Waals surface area contributed by atoms with Gasteiger partial charge in [0.15, 0.2) is 0 Å². The van der Waals surface area contributed by atoms with Gasteiger partial charge in [-0.1, -0.05) is 110 Å². The van der Waals surface area contributed by atoms with Crippen LogP contribution in [0.15, 0.2) is 0 Å². The molecule has 0 aliphatic heterocycles. The molecular weight excluding hydrogens is 268 g/mol. The summed E-state index contributed by atoms with van der Waals surface area (Å²) in [4.78, 5) is 0. The van der Waals surface area contributed by atoms with Gasteiger partial charge in [-0.3, -0.25) is 0 Å².